The molecule has 7 nitrogen and oxygen atoms in total. The first-order chi connectivity index (χ1) is 13.1. The fourth-order valence-electron chi connectivity index (χ4n) is 2.90. The lowest BCUT2D eigenvalue weighted by Gasteiger charge is -2.21. The van der Waals surface area contributed by atoms with E-state index in [4.69, 9.17) is 4.74 Å². The molecule has 1 heterocycles. The van der Waals surface area contributed by atoms with E-state index < -0.39 is 0 Å². The van der Waals surface area contributed by atoms with Crippen LogP contribution in [-0.2, 0) is 17.8 Å². The average molecular weight is 373 g/mol. The van der Waals surface area contributed by atoms with E-state index in [1.807, 2.05) is 11.6 Å². The molecule has 1 unspecified atom stereocenters. The number of nitrogens with one attached hydrogen (secondary N) is 2. The molecular weight excluding hydrogens is 340 g/mol. The highest BCUT2D eigenvalue weighted by molar-refractivity contribution is 5.79. The van der Waals surface area contributed by atoms with Gasteiger partial charge >= 0.3 is 0 Å². The Balaban J connectivity index is 1.80. The Morgan fingerprint density at radius 1 is 1.26 bits per heavy atom. The number of ether oxygens (including phenoxy) is 1. The van der Waals surface area contributed by atoms with Crippen LogP contribution in [0.3, 0.4) is 0 Å². The predicted octanol–water partition coefficient (Wildman–Crippen LogP) is 2.44. The average Bonchev–Trinajstić information content (AvgIpc) is 3.16. The first-order valence-electron chi connectivity index (χ1n) is 9.58. The molecule has 0 aliphatic heterocycles. The van der Waals surface area contributed by atoms with Gasteiger partial charge < -0.3 is 15.4 Å². The Morgan fingerprint density at radius 2 is 2.07 bits per heavy atom. The first-order valence-corrected chi connectivity index (χ1v) is 9.58. The van der Waals surface area contributed by atoms with Crippen molar-refractivity contribution in [3.8, 4) is 0 Å². The zero-order valence-electron chi connectivity index (χ0n) is 16.9. The van der Waals surface area contributed by atoms with Crippen LogP contribution in [0.15, 0.2) is 41.9 Å². The molecule has 0 fully saturated rings. The van der Waals surface area contributed by atoms with Gasteiger partial charge in [-0.05, 0) is 30.4 Å². The van der Waals surface area contributed by atoms with Crippen LogP contribution >= 0.6 is 0 Å². The highest BCUT2D eigenvalue weighted by Crippen LogP contribution is 2.10. The summed E-state index contributed by atoms with van der Waals surface area (Å²) in [6, 6.07) is 8.44. The summed E-state index contributed by atoms with van der Waals surface area (Å²) < 4.78 is 7.61. The molecule has 27 heavy (non-hydrogen) atoms. The molecular formula is C20H32N6O. The fourth-order valence-corrected chi connectivity index (χ4v) is 2.90. The summed E-state index contributed by atoms with van der Waals surface area (Å²) >= 11 is 0. The molecule has 148 valence electrons. The quantitative estimate of drug-likeness (QED) is 0.495. The van der Waals surface area contributed by atoms with E-state index in [2.05, 4.69) is 63.8 Å². The zero-order chi connectivity index (χ0) is 19.5. The minimum atomic E-state index is 0.272. The van der Waals surface area contributed by atoms with Crippen LogP contribution in [-0.4, -0.2) is 47.0 Å². The summed E-state index contributed by atoms with van der Waals surface area (Å²) in [5.74, 6) is 1.31. The van der Waals surface area contributed by atoms with Gasteiger partial charge in [0.15, 0.2) is 5.96 Å². The maximum Gasteiger partial charge on any atom is 0.191 e. The third-order valence-electron chi connectivity index (χ3n) is 4.33. The van der Waals surface area contributed by atoms with Crippen molar-refractivity contribution in [2.24, 2.45) is 10.9 Å². The highest BCUT2D eigenvalue weighted by atomic mass is 16.5. The maximum absolute atomic E-state index is 5.79. The number of nitrogens with zero attached hydrogens (tertiary/aromatic N) is 4. The number of guanidine groups is 1. The second kappa shape index (κ2) is 11.3. The van der Waals surface area contributed by atoms with E-state index in [-0.39, 0.29) is 6.10 Å². The first kappa shape index (κ1) is 20.9. The molecule has 2 aromatic rings. The van der Waals surface area contributed by atoms with E-state index in [0.717, 1.165) is 32.1 Å². The van der Waals surface area contributed by atoms with Gasteiger partial charge in [-0.1, -0.05) is 38.1 Å². The van der Waals surface area contributed by atoms with Gasteiger partial charge in [-0.25, -0.2) is 9.67 Å². The van der Waals surface area contributed by atoms with Crippen LogP contribution in [0.5, 0.6) is 0 Å². The normalized spacial score (nSPS) is 13.0. The Labute approximate surface area is 162 Å². The molecule has 0 saturated carbocycles. The van der Waals surface area contributed by atoms with Gasteiger partial charge in [-0.15, -0.1) is 0 Å². The van der Waals surface area contributed by atoms with Crippen molar-refractivity contribution in [1.82, 2.24) is 25.4 Å². The van der Waals surface area contributed by atoms with Crippen LogP contribution in [0.2, 0.25) is 0 Å². The number of aliphatic imine (C=N–C) groups is 1. The SMILES string of the molecule is CCOC(CCNC(=NC)NCc1cccc(Cn2cncn2)c1)C(C)C. The molecule has 0 spiro atoms. The number of rotatable bonds is 10. The Hall–Kier alpha value is -2.41. The number of hydrogen-bond donors (Lipinski definition) is 2. The summed E-state index contributed by atoms with van der Waals surface area (Å²) in [6.07, 6.45) is 4.51. The molecule has 0 radical (unpaired) electrons. The molecule has 2 rings (SSSR count). The van der Waals surface area contributed by atoms with E-state index in [9.17, 15) is 0 Å². The van der Waals surface area contributed by atoms with Gasteiger partial charge in [-0.3, -0.25) is 4.99 Å². The number of benzene rings is 1. The summed E-state index contributed by atoms with van der Waals surface area (Å²) in [4.78, 5) is 8.29. The van der Waals surface area contributed by atoms with Gasteiger partial charge in [0.25, 0.3) is 0 Å². The molecule has 0 saturated heterocycles. The minimum Gasteiger partial charge on any atom is -0.378 e. The molecule has 2 N–H and O–H groups in total. The molecule has 0 aliphatic carbocycles. The number of hydrogen-bond acceptors (Lipinski definition) is 4. The lowest BCUT2D eigenvalue weighted by molar-refractivity contribution is 0.0258. The lowest BCUT2D eigenvalue weighted by atomic mass is 10.0. The number of aromatic nitrogens is 3. The Morgan fingerprint density at radius 3 is 2.74 bits per heavy atom. The topological polar surface area (TPSA) is 76.4 Å². The summed E-state index contributed by atoms with van der Waals surface area (Å²) in [6.45, 7) is 9.44. The van der Waals surface area contributed by atoms with Crippen LogP contribution in [0.4, 0.5) is 0 Å². The molecule has 0 bridgehead atoms. The van der Waals surface area contributed by atoms with Crippen LogP contribution in [0.1, 0.15) is 38.3 Å². The van der Waals surface area contributed by atoms with Gasteiger partial charge in [0, 0.05) is 26.7 Å². The fraction of sp³-hybridized carbons (Fsp3) is 0.550. The Kier molecular flexibility index (Phi) is 8.77. The van der Waals surface area contributed by atoms with E-state index in [1.54, 1.807) is 19.7 Å². The van der Waals surface area contributed by atoms with Crippen LogP contribution in [0.25, 0.3) is 0 Å². The second-order valence-corrected chi connectivity index (χ2v) is 6.79. The van der Waals surface area contributed by atoms with Crippen molar-refractivity contribution in [2.75, 3.05) is 20.2 Å². The minimum absolute atomic E-state index is 0.272. The third kappa shape index (κ3) is 7.38. The Bertz CT molecular complexity index is 684. The predicted molar refractivity (Wildman–Crippen MR) is 109 cm³/mol. The molecule has 1 aromatic carbocycles. The van der Waals surface area contributed by atoms with Crippen molar-refractivity contribution >= 4 is 5.96 Å². The van der Waals surface area contributed by atoms with Gasteiger partial charge in [-0.2, -0.15) is 5.10 Å². The van der Waals surface area contributed by atoms with E-state index >= 15 is 0 Å². The third-order valence-corrected chi connectivity index (χ3v) is 4.33. The van der Waals surface area contributed by atoms with Gasteiger partial charge in [0.05, 0.1) is 12.6 Å². The molecule has 0 amide bonds. The molecule has 1 atom stereocenters. The van der Waals surface area contributed by atoms with Crippen LogP contribution in [0, 0.1) is 5.92 Å². The standard InChI is InChI=1S/C20H32N6O/c1-5-27-19(16(2)3)9-10-23-20(21-4)24-12-17-7-6-8-18(11-17)13-26-15-22-14-25-26/h6-8,11,14-16,19H,5,9-10,12-13H2,1-4H3,(H2,21,23,24). The highest BCUT2D eigenvalue weighted by Gasteiger charge is 2.12. The summed E-state index contributed by atoms with van der Waals surface area (Å²) in [5.41, 5.74) is 2.39. The molecule has 1 aromatic heterocycles. The molecule has 7 heteroatoms. The van der Waals surface area contributed by atoms with E-state index in [1.165, 1.54) is 11.1 Å². The van der Waals surface area contributed by atoms with E-state index in [0.29, 0.717) is 12.5 Å². The maximum atomic E-state index is 5.79. The van der Waals surface area contributed by atoms with Gasteiger partial charge in [0.2, 0.25) is 0 Å². The largest absolute Gasteiger partial charge is 0.378 e. The summed E-state index contributed by atoms with van der Waals surface area (Å²) in [7, 11) is 1.79. The lowest BCUT2D eigenvalue weighted by Crippen LogP contribution is -2.38. The van der Waals surface area contributed by atoms with Crippen molar-refractivity contribution in [3.05, 3.63) is 48.0 Å². The van der Waals surface area contributed by atoms with Crippen molar-refractivity contribution < 1.29 is 4.74 Å². The molecule has 0 aliphatic rings. The monoisotopic (exact) mass is 372 g/mol. The zero-order valence-corrected chi connectivity index (χ0v) is 16.9. The summed E-state index contributed by atoms with van der Waals surface area (Å²) in [5, 5.41) is 10.9. The smallest absolute Gasteiger partial charge is 0.191 e. The van der Waals surface area contributed by atoms with Crippen molar-refractivity contribution in [1.29, 1.82) is 0 Å². The van der Waals surface area contributed by atoms with Gasteiger partial charge in [0.1, 0.15) is 12.7 Å². The van der Waals surface area contributed by atoms with Crippen molar-refractivity contribution in [3.63, 3.8) is 0 Å². The van der Waals surface area contributed by atoms with Crippen molar-refractivity contribution in [2.45, 2.75) is 46.4 Å². The second-order valence-electron chi connectivity index (χ2n) is 6.79. The van der Waals surface area contributed by atoms with Crippen LogP contribution < -0.4 is 10.6 Å².